The van der Waals surface area contributed by atoms with Gasteiger partial charge in [-0.1, -0.05) is 74.5 Å². The summed E-state index contributed by atoms with van der Waals surface area (Å²) in [6.45, 7) is 5.66. The molecule has 0 spiro atoms. The molecule has 4 heteroatoms. The third kappa shape index (κ3) is 4.27. The largest absolute Gasteiger partial charge is 0.481 e. The van der Waals surface area contributed by atoms with Crippen molar-refractivity contribution in [1.29, 1.82) is 0 Å². The topological polar surface area (TPSA) is 66.4 Å². The highest BCUT2D eigenvalue weighted by molar-refractivity contribution is 5.86. The van der Waals surface area contributed by atoms with E-state index in [0.717, 1.165) is 5.56 Å². The van der Waals surface area contributed by atoms with E-state index >= 15 is 0 Å². The molecular formula is C21H25NO3. The van der Waals surface area contributed by atoms with Gasteiger partial charge in [-0.05, 0) is 24.0 Å². The van der Waals surface area contributed by atoms with Gasteiger partial charge < -0.3 is 10.4 Å². The van der Waals surface area contributed by atoms with Crippen molar-refractivity contribution in [2.75, 3.05) is 6.54 Å². The van der Waals surface area contributed by atoms with Gasteiger partial charge in [0.25, 0.3) is 0 Å². The normalized spacial score (nSPS) is 14.6. The molecule has 132 valence electrons. The second-order valence-electron chi connectivity index (χ2n) is 6.85. The first-order chi connectivity index (χ1) is 11.9. The summed E-state index contributed by atoms with van der Waals surface area (Å²) in [5.41, 5.74) is 0.435. The Morgan fingerprint density at radius 1 is 1.00 bits per heavy atom. The predicted octanol–water partition coefficient (Wildman–Crippen LogP) is 3.58. The maximum Gasteiger partial charge on any atom is 0.315 e. The second-order valence-corrected chi connectivity index (χ2v) is 6.85. The van der Waals surface area contributed by atoms with Crippen LogP contribution in [0.5, 0.6) is 0 Å². The van der Waals surface area contributed by atoms with Crippen LogP contribution in [0.4, 0.5) is 0 Å². The molecule has 2 aromatic carbocycles. The molecule has 25 heavy (non-hydrogen) atoms. The highest BCUT2D eigenvalue weighted by Crippen LogP contribution is 2.27. The van der Waals surface area contributed by atoms with Crippen molar-refractivity contribution in [3.63, 3.8) is 0 Å². The van der Waals surface area contributed by atoms with E-state index in [0.29, 0.717) is 5.56 Å². The summed E-state index contributed by atoms with van der Waals surface area (Å²) in [6, 6.07) is 18.6. The van der Waals surface area contributed by atoms with E-state index in [1.807, 2.05) is 50.2 Å². The number of amides is 1. The van der Waals surface area contributed by atoms with E-state index in [2.05, 4.69) is 5.32 Å². The third-order valence-corrected chi connectivity index (χ3v) is 4.61. The zero-order valence-corrected chi connectivity index (χ0v) is 14.9. The van der Waals surface area contributed by atoms with Crippen LogP contribution in [0.1, 0.15) is 37.8 Å². The zero-order chi connectivity index (χ0) is 18.4. The monoisotopic (exact) mass is 339 g/mol. The Kier molecular flexibility index (Phi) is 5.97. The smallest absolute Gasteiger partial charge is 0.315 e. The van der Waals surface area contributed by atoms with Gasteiger partial charge in [0.05, 0.1) is 5.92 Å². The summed E-state index contributed by atoms with van der Waals surface area (Å²) in [5.74, 6) is -1.31. The maximum atomic E-state index is 12.8. The van der Waals surface area contributed by atoms with Crippen molar-refractivity contribution in [3.8, 4) is 0 Å². The van der Waals surface area contributed by atoms with Gasteiger partial charge in [0, 0.05) is 6.54 Å². The summed E-state index contributed by atoms with van der Waals surface area (Å²) in [6.07, 6.45) is 0. The van der Waals surface area contributed by atoms with Crippen LogP contribution >= 0.6 is 0 Å². The molecule has 0 aromatic heterocycles. The molecule has 0 radical (unpaired) electrons. The number of rotatable bonds is 7. The lowest BCUT2D eigenvalue weighted by Crippen LogP contribution is -2.46. The molecule has 0 aliphatic carbocycles. The van der Waals surface area contributed by atoms with E-state index in [-0.39, 0.29) is 24.3 Å². The number of carboxylic acids is 1. The van der Waals surface area contributed by atoms with Crippen molar-refractivity contribution in [2.24, 2.45) is 5.92 Å². The van der Waals surface area contributed by atoms with Gasteiger partial charge in [-0.15, -0.1) is 0 Å². The van der Waals surface area contributed by atoms with Gasteiger partial charge in [0.15, 0.2) is 0 Å². The molecule has 0 fully saturated rings. The molecule has 0 saturated heterocycles. The van der Waals surface area contributed by atoms with Crippen LogP contribution in [-0.4, -0.2) is 23.5 Å². The van der Waals surface area contributed by atoms with Crippen molar-refractivity contribution in [1.82, 2.24) is 5.32 Å². The summed E-state index contributed by atoms with van der Waals surface area (Å²) in [5, 5.41) is 12.6. The Balaban J connectivity index is 2.19. The molecule has 1 amide bonds. The fourth-order valence-electron chi connectivity index (χ4n) is 2.98. The number of nitrogens with one attached hydrogen (secondary N) is 1. The summed E-state index contributed by atoms with van der Waals surface area (Å²) < 4.78 is 0. The highest BCUT2D eigenvalue weighted by atomic mass is 16.4. The minimum Gasteiger partial charge on any atom is -0.481 e. The van der Waals surface area contributed by atoms with Crippen molar-refractivity contribution in [3.05, 3.63) is 71.8 Å². The molecule has 2 N–H and O–H groups in total. The Hall–Kier alpha value is -2.62. The van der Waals surface area contributed by atoms with Gasteiger partial charge >= 0.3 is 5.97 Å². The minimum absolute atomic E-state index is 0.0429. The van der Waals surface area contributed by atoms with Crippen LogP contribution in [-0.2, 0) is 15.0 Å². The molecule has 2 aromatic rings. The average molecular weight is 339 g/mol. The van der Waals surface area contributed by atoms with E-state index in [4.69, 9.17) is 0 Å². The Morgan fingerprint density at radius 2 is 1.52 bits per heavy atom. The molecule has 0 saturated carbocycles. The Morgan fingerprint density at radius 3 is 2.00 bits per heavy atom. The number of benzene rings is 2. The molecule has 0 aliphatic rings. The van der Waals surface area contributed by atoms with E-state index in [1.165, 1.54) is 0 Å². The molecule has 2 atom stereocenters. The van der Waals surface area contributed by atoms with Crippen LogP contribution in [0.25, 0.3) is 0 Å². The molecular weight excluding hydrogens is 314 g/mol. The second kappa shape index (κ2) is 7.97. The standard InChI is InChI=1S/C21H25NO3/c1-15(2)18(16-10-6-4-7-11-16)19(23)22-14-21(3,20(24)25)17-12-8-5-9-13-17/h4-13,15,18H,14H2,1-3H3,(H,22,23)(H,24,25). The van der Waals surface area contributed by atoms with Crippen LogP contribution in [0.3, 0.4) is 0 Å². The minimum atomic E-state index is -1.17. The average Bonchev–Trinajstić information content (AvgIpc) is 2.61. The van der Waals surface area contributed by atoms with Gasteiger partial charge in [-0.2, -0.15) is 0 Å². The molecule has 0 aliphatic heterocycles. The lowest BCUT2D eigenvalue weighted by atomic mass is 9.81. The van der Waals surface area contributed by atoms with Crippen LogP contribution in [0, 0.1) is 5.92 Å². The van der Waals surface area contributed by atoms with Crippen LogP contribution in [0.15, 0.2) is 60.7 Å². The number of aliphatic carboxylic acids is 1. The lowest BCUT2D eigenvalue weighted by Gasteiger charge is -2.28. The first kappa shape index (κ1) is 18.7. The maximum absolute atomic E-state index is 12.8. The highest BCUT2D eigenvalue weighted by Gasteiger charge is 2.36. The molecule has 2 rings (SSSR count). The summed E-state index contributed by atoms with van der Waals surface area (Å²) in [4.78, 5) is 24.6. The number of carbonyl (C=O) groups is 2. The summed E-state index contributed by atoms with van der Waals surface area (Å²) in [7, 11) is 0. The quantitative estimate of drug-likeness (QED) is 0.810. The van der Waals surface area contributed by atoms with Gasteiger partial charge in [-0.3, -0.25) is 9.59 Å². The first-order valence-corrected chi connectivity index (χ1v) is 8.48. The van der Waals surface area contributed by atoms with E-state index in [9.17, 15) is 14.7 Å². The van der Waals surface area contributed by atoms with Gasteiger partial charge in [0.2, 0.25) is 5.91 Å². The van der Waals surface area contributed by atoms with Crippen LogP contribution < -0.4 is 5.32 Å². The Labute approximate surface area is 148 Å². The zero-order valence-electron chi connectivity index (χ0n) is 14.9. The molecule has 0 bridgehead atoms. The van der Waals surface area contributed by atoms with Crippen molar-refractivity contribution < 1.29 is 14.7 Å². The van der Waals surface area contributed by atoms with Gasteiger partial charge in [0.1, 0.15) is 5.41 Å². The van der Waals surface area contributed by atoms with Gasteiger partial charge in [-0.25, -0.2) is 0 Å². The Bertz CT molecular complexity index is 712. The molecule has 4 nitrogen and oxygen atoms in total. The lowest BCUT2D eigenvalue weighted by molar-refractivity contribution is -0.143. The molecule has 2 unspecified atom stereocenters. The number of carbonyl (C=O) groups excluding carboxylic acids is 1. The van der Waals surface area contributed by atoms with E-state index in [1.54, 1.807) is 31.2 Å². The SMILES string of the molecule is CC(C)C(C(=O)NCC(C)(C(=O)O)c1ccccc1)c1ccccc1. The van der Waals surface area contributed by atoms with Crippen molar-refractivity contribution in [2.45, 2.75) is 32.1 Å². The number of carboxylic acid groups (broad SMARTS) is 1. The third-order valence-electron chi connectivity index (χ3n) is 4.61. The number of hydrogen-bond donors (Lipinski definition) is 2. The van der Waals surface area contributed by atoms with E-state index < -0.39 is 11.4 Å². The van der Waals surface area contributed by atoms with Crippen LogP contribution in [0.2, 0.25) is 0 Å². The fraction of sp³-hybridized carbons (Fsp3) is 0.333. The fourth-order valence-corrected chi connectivity index (χ4v) is 2.98. The number of hydrogen-bond acceptors (Lipinski definition) is 2. The first-order valence-electron chi connectivity index (χ1n) is 8.48. The molecule has 0 heterocycles. The predicted molar refractivity (Wildman–Crippen MR) is 98.5 cm³/mol. The summed E-state index contributed by atoms with van der Waals surface area (Å²) >= 11 is 0. The van der Waals surface area contributed by atoms with Crippen molar-refractivity contribution >= 4 is 11.9 Å².